The number of rotatable bonds is 3. The highest BCUT2D eigenvalue weighted by molar-refractivity contribution is 5.76. The molecule has 1 saturated heterocycles. The van der Waals surface area contributed by atoms with Gasteiger partial charge < -0.3 is 24.1 Å². The maximum atomic E-state index is 12.0. The predicted octanol–water partition coefficient (Wildman–Crippen LogP) is 1.06. The zero-order chi connectivity index (χ0) is 15.1. The summed E-state index contributed by atoms with van der Waals surface area (Å²) in [5.74, 6) is -3.33. The monoisotopic (exact) mass is 276 g/mol. The van der Waals surface area contributed by atoms with Crippen LogP contribution in [0, 0.1) is 5.41 Å². The third-order valence-electron chi connectivity index (χ3n) is 3.66. The molecule has 0 bridgehead atoms. The van der Waals surface area contributed by atoms with Crippen LogP contribution >= 0.6 is 0 Å². The van der Waals surface area contributed by atoms with Crippen LogP contribution in [0.2, 0.25) is 0 Å². The molecule has 4 atom stereocenters. The van der Waals surface area contributed by atoms with Crippen molar-refractivity contribution in [1.82, 2.24) is 0 Å². The van der Waals surface area contributed by atoms with Crippen LogP contribution in [-0.4, -0.2) is 49.1 Å². The van der Waals surface area contributed by atoms with E-state index < -0.39 is 35.2 Å². The molecule has 0 aliphatic carbocycles. The Morgan fingerprint density at radius 1 is 1.21 bits per heavy atom. The van der Waals surface area contributed by atoms with Gasteiger partial charge in [-0.3, -0.25) is 0 Å². The molecule has 0 unspecified atom stereocenters. The van der Waals surface area contributed by atoms with Gasteiger partial charge in [0.15, 0.2) is 6.10 Å². The minimum Gasteiger partial charge on any atom is -0.425 e. The van der Waals surface area contributed by atoms with Gasteiger partial charge >= 0.3 is 5.97 Å². The van der Waals surface area contributed by atoms with Crippen LogP contribution in [-0.2, 0) is 23.7 Å². The van der Waals surface area contributed by atoms with E-state index in [0.29, 0.717) is 0 Å². The van der Waals surface area contributed by atoms with Gasteiger partial charge in [-0.2, -0.15) is 0 Å². The highest BCUT2D eigenvalue weighted by atomic mass is 16.8. The van der Waals surface area contributed by atoms with Gasteiger partial charge in [-0.15, -0.1) is 0 Å². The van der Waals surface area contributed by atoms with Crippen molar-refractivity contribution in [3.63, 3.8) is 0 Å². The number of aliphatic hydroxyl groups excluding tert-OH is 1. The van der Waals surface area contributed by atoms with E-state index in [9.17, 15) is 9.90 Å². The van der Waals surface area contributed by atoms with Gasteiger partial charge in [0.05, 0.1) is 6.10 Å². The van der Waals surface area contributed by atoms with E-state index in [0.717, 1.165) is 0 Å². The zero-order valence-electron chi connectivity index (χ0n) is 12.6. The molecule has 0 aromatic carbocycles. The molecule has 1 N–H and O–H groups in total. The van der Waals surface area contributed by atoms with Gasteiger partial charge in [-0.25, -0.2) is 4.79 Å². The lowest BCUT2D eigenvalue weighted by atomic mass is 9.85. The summed E-state index contributed by atoms with van der Waals surface area (Å²) in [6.07, 6.45) is -2.14. The van der Waals surface area contributed by atoms with E-state index in [-0.39, 0.29) is 0 Å². The zero-order valence-corrected chi connectivity index (χ0v) is 12.6. The van der Waals surface area contributed by atoms with Gasteiger partial charge in [0, 0.05) is 21.1 Å². The standard InChI is InChI=1S/C13H24O6/c1-11(2,3)9(14)8-10(15)19-13(5,17-7)12(4,16-6)18-8/h8-9,14H,1-7H3/t8-,9+,12+,13+/m1/s1. The summed E-state index contributed by atoms with van der Waals surface area (Å²) >= 11 is 0. The molecule has 0 amide bonds. The number of hydrogen-bond acceptors (Lipinski definition) is 6. The number of methoxy groups -OCH3 is 2. The number of ether oxygens (including phenoxy) is 4. The lowest BCUT2D eigenvalue weighted by Gasteiger charge is -2.49. The molecular weight excluding hydrogens is 252 g/mol. The molecule has 0 aromatic heterocycles. The summed E-state index contributed by atoms with van der Waals surface area (Å²) in [5.41, 5.74) is -0.529. The summed E-state index contributed by atoms with van der Waals surface area (Å²) in [5, 5.41) is 10.2. The van der Waals surface area contributed by atoms with E-state index in [2.05, 4.69) is 0 Å². The number of cyclic esters (lactones) is 1. The maximum absolute atomic E-state index is 12.0. The highest BCUT2D eigenvalue weighted by Gasteiger charge is 2.59. The first kappa shape index (κ1) is 16.4. The maximum Gasteiger partial charge on any atom is 0.340 e. The summed E-state index contributed by atoms with van der Waals surface area (Å²) in [6, 6.07) is 0. The average molecular weight is 276 g/mol. The minimum absolute atomic E-state index is 0.529. The third-order valence-corrected chi connectivity index (χ3v) is 3.66. The van der Waals surface area contributed by atoms with Crippen LogP contribution in [0.25, 0.3) is 0 Å². The van der Waals surface area contributed by atoms with Crippen molar-refractivity contribution in [2.75, 3.05) is 14.2 Å². The fourth-order valence-electron chi connectivity index (χ4n) is 1.85. The number of hydrogen-bond donors (Lipinski definition) is 1. The second kappa shape index (κ2) is 5.01. The molecule has 19 heavy (non-hydrogen) atoms. The van der Waals surface area contributed by atoms with Crippen molar-refractivity contribution in [2.45, 2.75) is 58.4 Å². The quantitative estimate of drug-likeness (QED) is 0.777. The Bertz CT molecular complexity index is 350. The second-order valence-corrected chi connectivity index (χ2v) is 6.07. The fraction of sp³-hybridized carbons (Fsp3) is 0.923. The Kier molecular flexibility index (Phi) is 4.32. The molecule has 112 valence electrons. The minimum atomic E-state index is -1.37. The predicted molar refractivity (Wildman–Crippen MR) is 67.3 cm³/mol. The molecule has 1 rings (SSSR count). The smallest absolute Gasteiger partial charge is 0.340 e. The molecule has 6 heteroatoms. The first-order chi connectivity index (χ1) is 8.50. The van der Waals surface area contributed by atoms with Gasteiger partial charge in [0.2, 0.25) is 5.79 Å². The number of esters is 1. The topological polar surface area (TPSA) is 74.2 Å². The molecule has 1 fully saturated rings. The van der Waals surface area contributed by atoms with E-state index in [1.807, 2.05) is 20.8 Å². The number of carbonyl (C=O) groups is 1. The van der Waals surface area contributed by atoms with Crippen molar-refractivity contribution in [3.8, 4) is 0 Å². The van der Waals surface area contributed by atoms with E-state index >= 15 is 0 Å². The molecular formula is C13H24O6. The average Bonchev–Trinajstić information content (AvgIpc) is 2.31. The summed E-state index contributed by atoms with van der Waals surface area (Å²) in [4.78, 5) is 12.0. The third kappa shape index (κ3) is 2.76. The lowest BCUT2D eigenvalue weighted by Crippen LogP contribution is -2.66. The molecule has 0 saturated carbocycles. The van der Waals surface area contributed by atoms with Crippen LogP contribution in [0.4, 0.5) is 0 Å². The first-order valence-electron chi connectivity index (χ1n) is 6.20. The largest absolute Gasteiger partial charge is 0.425 e. The normalized spacial score (nSPS) is 37.9. The second-order valence-electron chi connectivity index (χ2n) is 6.07. The van der Waals surface area contributed by atoms with Crippen LogP contribution in [0.5, 0.6) is 0 Å². The van der Waals surface area contributed by atoms with Gasteiger partial charge in [-0.1, -0.05) is 20.8 Å². The Morgan fingerprint density at radius 2 is 1.68 bits per heavy atom. The molecule has 0 aromatic rings. The van der Waals surface area contributed by atoms with Crippen LogP contribution < -0.4 is 0 Å². The number of aliphatic hydroxyl groups is 1. The molecule has 1 heterocycles. The van der Waals surface area contributed by atoms with Crippen LogP contribution in [0.3, 0.4) is 0 Å². The van der Waals surface area contributed by atoms with Gasteiger partial charge in [0.1, 0.15) is 0 Å². The Labute approximate surface area is 114 Å². The molecule has 1 aliphatic heterocycles. The van der Waals surface area contributed by atoms with Crippen molar-refractivity contribution in [2.24, 2.45) is 5.41 Å². The van der Waals surface area contributed by atoms with E-state index in [4.69, 9.17) is 18.9 Å². The molecule has 1 aliphatic rings. The Hall–Kier alpha value is -0.690. The molecule has 6 nitrogen and oxygen atoms in total. The Morgan fingerprint density at radius 3 is 2.05 bits per heavy atom. The SMILES string of the molecule is CO[C@@]1(C)OC(=O)[C@@H]([C@H](O)C(C)(C)C)O[C@]1(C)OC. The summed E-state index contributed by atoms with van der Waals surface area (Å²) in [7, 11) is 2.82. The van der Waals surface area contributed by atoms with Crippen molar-refractivity contribution < 1.29 is 28.8 Å². The molecule has 0 spiro atoms. The van der Waals surface area contributed by atoms with Crippen LogP contribution in [0.15, 0.2) is 0 Å². The van der Waals surface area contributed by atoms with Crippen molar-refractivity contribution in [1.29, 1.82) is 0 Å². The molecule has 0 radical (unpaired) electrons. The lowest BCUT2D eigenvalue weighted by molar-refractivity contribution is -0.412. The summed E-state index contributed by atoms with van der Waals surface area (Å²) in [6.45, 7) is 8.58. The van der Waals surface area contributed by atoms with E-state index in [1.54, 1.807) is 13.8 Å². The van der Waals surface area contributed by atoms with Gasteiger partial charge in [0.25, 0.3) is 5.79 Å². The van der Waals surface area contributed by atoms with Crippen molar-refractivity contribution >= 4 is 5.97 Å². The van der Waals surface area contributed by atoms with Crippen LogP contribution in [0.1, 0.15) is 34.6 Å². The number of carbonyl (C=O) groups excluding carboxylic acids is 1. The van der Waals surface area contributed by atoms with Gasteiger partial charge in [-0.05, 0) is 12.3 Å². The first-order valence-corrected chi connectivity index (χ1v) is 6.20. The Balaban J connectivity index is 3.07. The fourth-order valence-corrected chi connectivity index (χ4v) is 1.85. The summed E-state index contributed by atoms with van der Waals surface area (Å²) < 4.78 is 21.4. The van der Waals surface area contributed by atoms with E-state index in [1.165, 1.54) is 14.2 Å². The highest BCUT2D eigenvalue weighted by Crippen LogP contribution is 2.39. The van der Waals surface area contributed by atoms with Crippen molar-refractivity contribution in [3.05, 3.63) is 0 Å².